The lowest BCUT2D eigenvalue weighted by atomic mass is 9.88. The molecule has 1 aliphatic heterocycles. The van der Waals surface area contributed by atoms with Crippen molar-refractivity contribution in [1.82, 2.24) is 4.90 Å². The number of hydrogen-bond acceptors (Lipinski definition) is 1. The predicted molar refractivity (Wildman–Crippen MR) is 64.2 cm³/mol. The molecule has 15 heavy (non-hydrogen) atoms. The first kappa shape index (κ1) is 11.0. The van der Waals surface area contributed by atoms with Crippen LogP contribution in [0, 0.1) is 23.2 Å². The van der Waals surface area contributed by atoms with Crippen molar-refractivity contribution in [2.24, 2.45) is 17.8 Å². The smallest absolute Gasteiger partial charge is 0.0989 e. The van der Waals surface area contributed by atoms with Crippen LogP contribution in [0.5, 0.6) is 0 Å². The molecule has 2 heteroatoms. The lowest BCUT2D eigenvalue weighted by Crippen LogP contribution is -2.44. The van der Waals surface area contributed by atoms with Gasteiger partial charge in [0.25, 0.3) is 0 Å². The molecular weight excluding hydrogens is 184 g/mol. The fourth-order valence-corrected chi connectivity index (χ4v) is 2.94. The van der Waals surface area contributed by atoms with Crippen LogP contribution in [-0.2, 0) is 0 Å². The van der Waals surface area contributed by atoms with Gasteiger partial charge in [0.1, 0.15) is 0 Å². The van der Waals surface area contributed by atoms with Crippen molar-refractivity contribution in [3.8, 4) is 0 Å². The summed E-state index contributed by atoms with van der Waals surface area (Å²) in [7, 11) is 0. The lowest BCUT2D eigenvalue weighted by Gasteiger charge is -2.38. The molecule has 2 fully saturated rings. The molecule has 1 heterocycles. The number of hydrogen-bond donors (Lipinski definition) is 1. The largest absolute Gasteiger partial charge is 0.360 e. The van der Waals surface area contributed by atoms with Gasteiger partial charge in [-0.3, -0.25) is 5.41 Å². The molecule has 0 aromatic rings. The third-order valence-corrected chi connectivity index (χ3v) is 4.42. The van der Waals surface area contributed by atoms with E-state index in [0.29, 0.717) is 5.92 Å². The molecule has 2 aliphatic rings. The fraction of sp³-hybridized carbons (Fsp3) is 0.923. The molecule has 86 valence electrons. The average Bonchev–Trinajstić information content (AvgIpc) is 2.74. The zero-order valence-corrected chi connectivity index (χ0v) is 10.1. The van der Waals surface area contributed by atoms with Gasteiger partial charge in [0.05, 0.1) is 5.84 Å². The van der Waals surface area contributed by atoms with Crippen LogP contribution in [0.1, 0.15) is 46.0 Å². The van der Waals surface area contributed by atoms with E-state index in [9.17, 15) is 0 Å². The fourth-order valence-electron chi connectivity index (χ4n) is 2.94. The van der Waals surface area contributed by atoms with Crippen molar-refractivity contribution in [1.29, 1.82) is 5.41 Å². The van der Waals surface area contributed by atoms with Gasteiger partial charge in [-0.25, -0.2) is 0 Å². The van der Waals surface area contributed by atoms with Crippen LogP contribution in [0.2, 0.25) is 0 Å². The van der Waals surface area contributed by atoms with Gasteiger partial charge in [-0.05, 0) is 31.1 Å². The zero-order valence-electron chi connectivity index (χ0n) is 10.1. The van der Waals surface area contributed by atoms with E-state index in [1.54, 1.807) is 0 Å². The minimum atomic E-state index is 0.589. The van der Waals surface area contributed by atoms with E-state index in [1.165, 1.54) is 32.1 Å². The zero-order chi connectivity index (χ0) is 10.8. The molecule has 1 aliphatic carbocycles. The number of likely N-dealkylation sites (tertiary alicyclic amines) is 1. The molecule has 0 aromatic carbocycles. The standard InChI is InChI=1S/C13H24N2/c1-10-7-8-15(9-11(10)2)13(14)12-5-3-4-6-12/h10-12,14H,3-9H2,1-2H3. The van der Waals surface area contributed by atoms with Crippen molar-refractivity contribution >= 4 is 5.84 Å². The normalized spacial score (nSPS) is 33.3. The summed E-state index contributed by atoms with van der Waals surface area (Å²) in [6.45, 7) is 6.93. The highest BCUT2D eigenvalue weighted by Crippen LogP contribution is 2.29. The van der Waals surface area contributed by atoms with Crippen molar-refractivity contribution in [3.05, 3.63) is 0 Å². The van der Waals surface area contributed by atoms with E-state index in [4.69, 9.17) is 5.41 Å². The number of amidine groups is 1. The van der Waals surface area contributed by atoms with Gasteiger partial charge in [-0.2, -0.15) is 0 Å². The molecule has 1 saturated heterocycles. The quantitative estimate of drug-likeness (QED) is 0.520. The van der Waals surface area contributed by atoms with E-state index in [-0.39, 0.29) is 0 Å². The third-order valence-electron chi connectivity index (χ3n) is 4.42. The van der Waals surface area contributed by atoms with Crippen molar-refractivity contribution < 1.29 is 0 Å². The molecular formula is C13H24N2. The molecule has 2 nitrogen and oxygen atoms in total. The molecule has 1 saturated carbocycles. The molecule has 0 spiro atoms. The summed E-state index contributed by atoms with van der Waals surface area (Å²) >= 11 is 0. The Morgan fingerprint density at radius 3 is 2.33 bits per heavy atom. The summed E-state index contributed by atoms with van der Waals surface area (Å²) in [5.41, 5.74) is 0. The molecule has 0 amide bonds. The lowest BCUT2D eigenvalue weighted by molar-refractivity contribution is 0.197. The van der Waals surface area contributed by atoms with Crippen LogP contribution in [0.15, 0.2) is 0 Å². The first-order chi connectivity index (χ1) is 7.18. The molecule has 2 unspecified atom stereocenters. The van der Waals surface area contributed by atoms with Crippen molar-refractivity contribution in [3.63, 3.8) is 0 Å². The van der Waals surface area contributed by atoms with Gasteiger partial charge in [-0.1, -0.05) is 26.7 Å². The van der Waals surface area contributed by atoms with Gasteiger partial charge in [-0.15, -0.1) is 0 Å². The Bertz CT molecular complexity index is 231. The SMILES string of the molecule is CC1CCN(C(=N)C2CCCC2)CC1C. The van der Waals surface area contributed by atoms with Crippen LogP contribution >= 0.6 is 0 Å². The molecule has 2 rings (SSSR count). The Morgan fingerprint density at radius 1 is 1.07 bits per heavy atom. The second kappa shape index (κ2) is 4.54. The summed E-state index contributed by atoms with van der Waals surface area (Å²) in [5, 5.41) is 8.26. The van der Waals surface area contributed by atoms with Gasteiger partial charge in [0.2, 0.25) is 0 Å². The molecule has 1 N–H and O–H groups in total. The Labute approximate surface area is 93.6 Å². The summed E-state index contributed by atoms with van der Waals surface area (Å²) in [4.78, 5) is 2.35. The maximum atomic E-state index is 8.26. The van der Waals surface area contributed by atoms with Crippen LogP contribution in [0.25, 0.3) is 0 Å². The average molecular weight is 208 g/mol. The molecule has 0 bridgehead atoms. The summed E-state index contributed by atoms with van der Waals surface area (Å²) in [5.74, 6) is 3.15. The van der Waals surface area contributed by atoms with Crippen molar-refractivity contribution in [2.45, 2.75) is 46.0 Å². The Kier molecular flexibility index (Phi) is 3.32. The van der Waals surface area contributed by atoms with Gasteiger partial charge in [0, 0.05) is 19.0 Å². The number of nitrogens with zero attached hydrogens (tertiary/aromatic N) is 1. The maximum absolute atomic E-state index is 8.26. The van der Waals surface area contributed by atoms with Crippen molar-refractivity contribution in [2.75, 3.05) is 13.1 Å². The van der Waals surface area contributed by atoms with Gasteiger partial charge >= 0.3 is 0 Å². The summed E-state index contributed by atoms with van der Waals surface area (Å²) in [6.07, 6.45) is 6.48. The Hall–Kier alpha value is -0.530. The van der Waals surface area contributed by atoms with Crippen LogP contribution in [0.4, 0.5) is 0 Å². The van der Waals surface area contributed by atoms with Gasteiger partial charge in [0.15, 0.2) is 0 Å². The van der Waals surface area contributed by atoms with E-state index < -0.39 is 0 Å². The topological polar surface area (TPSA) is 27.1 Å². The second-order valence-electron chi connectivity index (χ2n) is 5.56. The highest BCUT2D eigenvalue weighted by molar-refractivity contribution is 5.82. The first-order valence-corrected chi connectivity index (χ1v) is 6.52. The predicted octanol–water partition coefficient (Wildman–Crippen LogP) is 3.13. The second-order valence-corrected chi connectivity index (χ2v) is 5.56. The monoisotopic (exact) mass is 208 g/mol. The summed E-state index contributed by atoms with van der Waals surface area (Å²) in [6, 6.07) is 0. The van der Waals surface area contributed by atoms with Crippen LogP contribution in [0.3, 0.4) is 0 Å². The number of rotatable bonds is 1. The third kappa shape index (κ3) is 2.35. The highest BCUT2D eigenvalue weighted by Gasteiger charge is 2.29. The minimum absolute atomic E-state index is 0.589. The van der Waals surface area contributed by atoms with E-state index in [0.717, 1.165) is 30.8 Å². The summed E-state index contributed by atoms with van der Waals surface area (Å²) < 4.78 is 0. The van der Waals surface area contributed by atoms with Gasteiger partial charge < -0.3 is 4.90 Å². The molecule has 0 radical (unpaired) electrons. The van der Waals surface area contributed by atoms with E-state index >= 15 is 0 Å². The number of nitrogens with one attached hydrogen (secondary N) is 1. The highest BCUT2D eigenvalue weighted by atomic mass is 15.2. The van der Waals surface area contributed by atoms with Crippen LogP contribution in [-0.4, -0.2) is 23.8 Å². The maximum Gasteiger partial charge on any atom is 0.0989 e. The van der Waals surface area contributed by atoms with Crippen LogP contribution < -0.4 is 0 Å². The molecule has 2 atom stereocenters. The Morgan fingerprint density at radius 2 is 1.73 bits per heavy atom. The minimum Gasteiger partial charge on any atom is -0.360 e. The Balaban J connectivity index is 1.90. The first-order valence-electron chi connectivity index (χ1n) is 6.52. The van der Waals surface area contributed by atoms with E-state index in [2.05, 4.69) is 18.7 Å². The number of piperidine rings is 1. The van der Waals surface area contributed by atoms with E-state index in [1.807, 2.05) is 0 Å². The molecule has 0 aromatic heterocycles.